The van der Waals surface area contributed by atoms with Gasteiger partial charge in [0.1, 0.15) is 9.92 Å². The van der Waals surface area contributed by atoms with E-state index < -0.39 is 15.9 Å². The summed E-state index contributed by atoms with van der Waals surface area (Å²) in [4.78, 5) is 15.3. The van der Waals surface area contributed by atoms with Crippen molar-refractivity contribution in [2.45, 2.75) is 62.7 Å². The molecule has 0 heterocycles. The third kappa shape index (κ3) is 4.60. The summed E-state index contributed by atoms with van der Waals surface area (Å²) in [5.41, 5.74) is 7.01. The first-order valence-corrected chi connectivity index (χ1v) is 12.9. The summed E-state index contributed by atoms with van der Waals surface area (Å²) in [5, 5.41) is 9.01. The molecule has 3 N–H and O–H groups in total. The van der Waals surface area contributed by atoms with Crippen LogP contribution in [0.2, 0.25) is 0 Å². The van der Waals surface area contributed by atoms with Gasteiger partial charge in [-0.15, -0.1) is 4.36 Å². The zero-order valence-corrected chi connectivity index (χ0v) is 20.3. The molecule has 32 heavy (non-hydrogen) atoms. The van der Waals surface area contributed by atoms with E-state index in [0.717, 1.165) is 56.3 Å². The summed E-state index contributed by atoms with van der Waals surface area (Å²) in [6.07, 6.45) is 6.21. The molecule has 0 aliphatic heterocycles. The molecule has 2 aromatic rings. The molecular weight excluding hydrogens is 420 g/mol. The van der Waals surface area contributed by atoms with Gasteiger partial charge in [0.25, 0.3) is 0 Å². The number of carbonyl (C=O) groups is 1. The smallest absolute Gasteiger partial charge is 0.309 e. The molecule has 2 aliphatic rings. The predicted octanol–water partition coefficient (Wildman–Crippen LogP) is 4.44. The van der Waals surface area contributed by atoms with E-state index in [1.54, 1.807) is 12.1 Å². The number of nitrogens with zero attached hydrogens (tertiary/aromatic N) is 2. The number of nitrogens with one attached hydrogen (secondary N) is 1. The Hall–Kier alpha value is -2.22. The second kappa shape index (κ2) is 8.61. The van der Waals surface area contributed by atoms with E-state index in [0.29, 0.717) is 4.90 Å². The number of benzene rings is 2. The number of anilines is 1. The first-order valence-electron chi connectivity index (χ1n) is 11.3. The maximum atomic E-state index is 13.1. The number of aryl methyl sites for hydroxylation is 2. The molecule has 0 spiro atoms. The van der Waals surface area contributed by atoms with Crippen LogP contribution < -0.4 is 10.5 Å². The van der Waals surface area contributed by atoms with E-state index in [9.17, 15) is 9.00 Å². The number of fused-ring (bicyclic) bond motifs is 2. The zero-order valence-electron chi connectivity index (χ0n) is 19.5. The van der Waals surface area contributed by atoms with Gasteiger partial charge in [-0.3, -0.25) is 0 Å². The number of carbonyl (C=O) groups excluding carboxylic acids is 1. The highest BCUT2D eigenvalue weighted by Gasteiger charge is 2.26. The molecular formula is C25H34N4O2S. The van der Waals surface area contributed by atoms with E-state index in [4.69, 9.17) is 5.14 Å². The molecule has 2 aromatic carbocycles. The summed E-state index contributed by atoms with van der Waals surface area (Å²) in [6.45, 7) is 5.20. The van der Waals surface area contributed by atoms with Crippen LogP contribution in [-0.4, -0.2) is 35.8 Å². The van der Waals surface area contributed by atoms with Gasteiger partial charge in [0.15, 0.2) is 0 Å². The van der Waals surface area contributed by atoms with Crippen molar-refractivity contribution in [1.82, 2.24) is 4.90 Å². The van der Waals surface area contributed by atoms with Gasteiger partial charge in [-0.25, -0.2) is 14.1 Å². The van der Waals surface area contributed by atoms with Crippen molar-refractivity contribution in [2.75, 3.05) is 26.0 Å². The Labute approximate surface area is 191 Å². The molecule has 7 heteroatoms. The Morgan fingerprint density at radius 2 is 1.62 bits per heavy atom. The Morgan fingerprint density at radius 3 is 2.16 bits per heavy atom. The van der Waals surface area contributed by atoms with E-state index in [1.807, 2.05) is 26.2 Å². The zero-order chi connectivity index (χ0) is 23.1. The van der Waals surface area contributed by atoms with Crippen molar-refractivity contribution in [3.05, 3.63) is 58.1 Å². The molecule has 2 aliphatic carbocycles. The molecule has 0 saturated carbocycles. The standard InChI is InChI=1S/C25H34N4O2S/c1-25(2,16-29(3)4)19-11-13-20(14-12-19)32(26,31)28-24(30)27-23-21-9-5-7-17(21)15-18-8-6-10-22(18)23/h11-15H,5-10,16H2,1-4H3,(H3,26,27,28,30,31)/t32-/m0/s1. The predicted molar refractivity (Wildman–Crippen MR) is 131 cm³/mol. The molecule has 172 valence electrons. The fraction of sp³-hybridized carbons (Fsp3) is 0.480. The molecule has 0 aromatic heterocycles. The summed E-state index contributed by atoms with van der Waals surface area (Å²) >= 11 is 0. The van der Waals surface area contributed by atoms with Crippen molar-refractivity contribution in [3.8, 4) is 0 Å². The highest BCUT2D eigenvalue weighted by molar-refractivity contribution is 7.91. The van der Waals surface area contributed by atoms with Crippen LogP contribution in [0.4, 0.5) is 10.5 Å². The van der Waals surface area contributed by atoms with Crippen molar-refractivity contribution in [3.63, 3.8) is 0 Å². The number of nitrogens with two attached hydrogens (primary N) is 1. The van der Waals surface area contributed by atoms with Crippen LogP contribution in [0.3, 0.4) is 0 Å². The highest BCUT2D eigenvalue weighted by atomic mass is 32.2. The Balaban J connectivity index is 1.58. The van der Waals surface area contributed by atoms with Crippen LogP contribution in [0.5, 0.6) is 0 Å². The third-order valence-electron chi connectivity index (χ3n) is 6.61. The molecule has 2 amide bonds. The second-order valence-electron chi connectivity index (χ2n) is 9.97. The Morgan fingerprint density at radius 1 is 1.06 bits per heavy atom. The SMILES string of the molecule is CN(C)CC(C)(C)c1ccc([S@@](N)(=O)=NC(=O)Nc2c3c(cc4c2CCC4)CCC3)cc1. The lowest BCUT2D eigenvalue weighted by molar-refractivity contribution is 0.260. The minimum Gasteiger partial charge on any atom is -0.309 e. The lowest BCUT2D eigenvalue weighted by Gasteiger charge is -2.29. The molecule has 0 unspecified atom stereocenters. The number of likely N-dealkylation sites (N-methyl/N-ethyl adjacent to an activating group) is 1. The first kappa shape index (κ1) is 23.0. The van der Waals surface area contributed by atoms with Gasteiger partial charge in [0, 0.05) is 17.6 Å². The van der Waals surface area contributed by atoms with Crippen LogP contribution >= 0.6 is 0 Å². The number of hydrogen-bond acceptors (Lipinski definition) is 3. The summed E-state index contributed by atoms with van der Waals surface area (Å²) in [6, 6.07) is 8.98. The van der Waals surface area contributed by atoms with Gasteiger partial charge in [-0.05, 0) is 92.6 Å². The Kier molecular flexibility index (Phi) is 6.18. The highest BCUT2D eigenvalue weighted by Crippen LogP contribution is 2.38. The third-order valence-corrected chi connectivity index (χ3v) is 7.99. The van der Waals surface area contributed by atoms with Gasteiger partial charge < -0.3 is 10.2 Å². The van der Waals surface area contributed by atoms with Crippen LogP contribution in [-0.2, 0) is 41.0 Å². The van der Waals surface area contributed by atoms with E-state index in [1.165, 1.54) is 22.3 Å². The maximum absolute atomic E-state index is 13.1. The fourth-order valence-electron chi connectivity index (χ4n) is 5.26. The molecule has 0 fully saturated rings. The number of hydrogen-bond donors (Lipinski definition) is 2. The van der Waals surface area contributed by atoms with Crippen LogP contribution in [0.1, 0.15) is 54.5 Å². The quantitative estimate of drug-likeness (QED) is 0.700. The van der Waals surface area contributed by atoms with E-state index >= 15 is 0 Å². The first-order chi connectivity index (χ1) is 15.1. The molecule has 1 atom stereocenters. The normalized spacial score (nSPS) is 17.1. The van der Waals surface area contributed by atoms with E-state index in [-0.39, 0.29) is 5.41 Å². The Bertz CT molecular complexity index is 1130. The minimum absolute atomic E-state index is 0.0694. The molecule has 0 bridgehead atoms. The summed E-state index contributed by atoms with van der Waals surface area (Å²) in [7, 11) is 0.738. The number of amides is 2. The molecule has 0 radical (unpaired) electrons. The second-order valence-corrected chi connectivity index (χ2v) is 11.8. The molecule has 4 rings (SSSR count). The van der Waals surface area contributed by atoms with Gasteiger partial charge in [0.2, 0.25) is 0 Å². The largest absolute Gasteiger partial charge is 0.354 e. The van der Waals surface area contributed by atoms with Gasteiger partial charge in [0.05, 0.1) is 4.90 Å². The van der Waals surface area contributed by atoms with Crippen molar-refractivity contribution >= 4 is 21.6 Å². The molecule has 0 saturated heterocycles. The van der Waals surface area contributed by atoms with Crippen molar-refractivity contribution in [1.29, 1.82) is 0 Å². The lowest BCUT2D eigenvalue weighted by Crippen LogP contribution is -2.32. The number of urea groups is 1. The average molecular weight is 455 g/mol. The van der Waals surface area contributed by atoms with Crippen molar-refractivity contribution < 1.29 is 9.00 Å². The monoisotopic (exact) mass is 454 g/mol. The lowest BCUT2D eigenvalue weighted by atomic mass is 9.84. The average Bonchev–Trinajstić information content (AvgIpc) is 3.35. The minimum atomic E-state index is -3.34. The van der Waals surface area contributed by atoms with Gasteiger partial charge in [-0.1, -0.05) is 32.0 Å². The van der Waals surface area contributed by atoms with Crippen molar-refractivity contribution in [2.24, 2.45) is 9.50 Å². The topological polar surface area (TPSA) is 87.8 Å². The van der Waals surface area contributed by atoms with E-state index in [2.05, 4.69) is 34.5 Å². The van der Waals surface area contributed by atoms with Crippen LogP contribution in [0.15, 0.2) is 39.6 Å². The van der Waals surface area contributed by atoms with Crippen LogP contribution in [0.25, 0.3) is 0 Å². The van der Waals surface area contributed by atoms with Gasteiger partial charge in [-0.2, -0.15) is 0 Å². The van der Waals surface area contributed by atoms with Crippen LogP contribution in [0, 0.1) is 0 Å². The maximum Gasteiger partial charge on any atom is 0.354 e. The fourth-order valence-corrected chi connectivity index (χ4v) is 6.18. The summed E-state index contributed by atoms with van der Waals surface area (Å²) < 4.78 is 17.0. The van der Waals surface area contributed by atoms with Gasteiger partial charge >= 0.3 is 6.03 Å². The number of rotatable bonds is 5. The summed E-state index contributed by atoms with van der Waals surface area (Å²) in [5.74, 6) is 0. The molecule has 6 nitrogen and oxygen atoms in total.